The first-order chi connectivity index (χ1) is 8.56. The molecule has 0 bridgehead atoms. The van der Waals surface area contributed by atoms with Crippen molar-refractivity contribution in [1.82, 2.24) is 5.32 Å². The Morgan fingerprint density at radius 2 is 2.00 bits per heavy atom. The molecule has 1 saturated carbocycles. The van der Waals surface area contributed by atoms with Gasteiger partial charge in [0, 0.05) is 13.1 Å². The highest BCUT2D eigenvalue weighted by atomic mass is 31.1. The van der Waals surface area contributed by atoms with Crippen LogP contribution in [0.3, 0.4) is 0 Å². The first-order valence-electron chi connectivity index (χ1n) is 6.74. The first kappa shape index (κ1) is 12.6. The van der Waals surface area contributed by atoms with Gasteiger partial charge in [-0.25, -0.2) is 4.39 Å². The van der Waals surface area contributed by atoms with Gasteiger partial charge in [0.1, 0.15) is 5.82 Å². The van der Waals surface area contributed by atoms with Crippen LogP contribution in [0.25, 0.3) is 0 Å². The van der Waals surface area contributed by atoms with Crippen molar-refractivity contribution in [3.8, 4) is 0 Å². The molecule has 0 radical (unpaired) electrons. The first-order valence-corrected chi connectivity index (χ1v) is 8.97. The number of hydrogen-bond donors (Lipinski definition) is 1. The van der Waals surface area contributed by atoms with E-state index in [9.17, 15) is 4.39 Å². The van der Waals surface area contributed by atoms with Crippen molar-refractivity contribution in [3.05, 3.63) is 29.6 Å². The van der Waals surface area contributed by atoms with Crippen molar-refractivity contribution in [2.45, 2.75) is 19.3 Å². The van der Waals surface area contributed by atoms with Gasteiger partial charge in [-0.05, 0) is 66.9 Å². The monoisotopic (exact) mass is 265 g/mol. The Morgan fingerprint density at radius 3 is 2.56 bits per heavy atom. The van der Waals surface area contributed by atoms with Crippen molar-refractivity contribution in [3.63, 3.8) is 0 Å². The lowest BCUT2D eigenvalue weighted by molar-refractivity contribution is 0.000880. The lowest BCUT2D eigenvalue weighted by Gasteiger charge is -2.54. The highest BCUT2D eigenvalue weighted by Crippen LogP contribution is 2.49. The van der Waals surface area contributed by atoms with Gasteiger partial charge in [-0.3, -0.25) is 0 Å². The van der Waals surface area contributed by atoms with Crippen LogP contribution in [0, 0.1) is 17.2 Å². The van der Waals surface area contributed by atoms with Crippen LogP contribution >= 0.6 is 7.92 Å². The van der Waals surface area contributed by atoms with Crippen LogP contribution < -0.4 is 10.6 Å². The Bertz CT molecular complexity index is 446. The molecule has 1 aliphatic carbocycles. The van der Waals surface area contributed by atoms with E-state index in [0.717, 1.165) is 12.3 Å². The van der Waals surface area contributed by atoms with Gasteiger partial charge in [0.25, 0.3) is 0 Å². The summed E-state index contributed by atoms with van der Waals surface area (Å²) in [5, 5.41) is 4.56. The molecule has 1 aliphatic heterocycles. The number of rotatable bonds is 3. The molecule has 2 fully saturated rings. The predicted octanol–water partition coefficient (Wildman–Crippen LogP) is 2.73. The van der Waals surface area contributed by atoms with Crippen LogP contribution in [-0.4, -0.2) is 26.4 Å². The van der Waals surface area contributed by atoms with E-state index in [1.807, 2.05) is 0 Å². The molecule has 18 heavy (non-hydrogen) atoms. The van der Waals surface area contributed by atoms with E-state index in [1.165, 1.54) is 36.8 Å². The van der Waals surface area contributed by atoms with E-state index in [2.05, 4.69) is 24.7 Å². The summed E-state index contributed by atoms with van der Waals surface area (Å²) in [6.07, 6.45) is 3.73. The molecule has 1 saturated heterocycles. The Morgan fingerprint density at radius 1 is 1.28 bits per heavy atom. The zero-order chi connectivity index (χ0) is 12.8. The van der Waals surface area contributed by atoms with Crippen LogP contribution in [0.2, 0.25) is 0 Å². The standard InChI is InChI=1S/C15H21FNP/c1-18(2)14-5-11(4-13(16)6-14)3-12-7-15(8-12)9-17-10-15/h4-6,12,17H,3,7-10H2,1-2H3. The maximum atomic E-state index is 13.6. The van der Waals surface area contributed by atoms with Gasteiger partial charge in [-0.2, -0.15) is 0 Å². The summed E-state index contributed by atoms with van der Waals surface area (Å²) in [4.78, 5) is 0. The number of nitrogens with one attached hydrogen (secondary N) is 1. The quantitative estimate of drug-likeness (QED) is 0.829. The lowest BCUT2D eigenvalue weighted by atomic mass is 9.57. The van der Waals surface area contributed by atoms with Gasteiger partial charge < -0.3 is 5.32 Å². The van der Waals surface area contributed by atoms with Gasteiger partial charge in [0.05, 0.1) is 0 Å². The number of benzene rings is 1. The summed E-state index contributed by atoms with van der Waals surface area (Å²) in [7, 11) is -0.200. The van der Waals surface area contributed by atoms with E-state index in [1.54, 1.807) is 12.1 Å². The minimum atomic E-state index is -0.200. The SMILES string of the molecule is CP(C)c1cc(F)cc(CC2CC3(CNC3)C2)c1. The third kappa shape index (κ3) is 2.33. The van der Waals surface area contributed by atoms with Gasteiger partial charge >= 0.3 is 0 Å². The molecule has 1 nitrogen and oxygen atoms in total. The van der Waals surface area contributed by atoms with Crippen LogP contribution in [0.1, 0.15) is 18.4 Å². The fraction of sp³-hybridized carbons (Fsp3) is 0.600. The summed E-state index contributed by atoms with van der Waals surface area (Å²) in [5.74, 6) is 0.722. The van der Waals surface area contributed by atoms with Gasteiger partial charge in [-0.1, -0.05) is 14.0 Å². The molecule has 0 amide bonds. The highest BCUT2D eigenvalue weighted by Gasteiger charge is 2.47. The Labute approximate surface area is 110 Å². The second kappa shape index (κ2) is 4.58. The summed E-state index contributed by atoms with van der Waals surface area (Å²) in [5.41, 5.74) is 1.83. The fourth-order valence-corrected chi connectivity index (χ4v) is 4.22. The van der Waals surface area contributed by atoms with Crippen LogP contribution in [0.5, 0.6) is 0 Å². The molecule has 1 N–H and O–H groups in total. The lowest BCUT2D eigenvalue weighted by Crippen LogP contribution is -2.60. The van der Waals surface area contributed by atoms with Crippen molar-refractivity contribution in [2.24, 2.45) is 11.3 Å². The average Bonchev–Trinajstić information content (AvgIpc) is 2.19. The largest absolute Gasteiger partial charge is 0.316 e. The van der Waals surface area contributed by atoms with Crippen LogP contribution in [0.4, 0.5) is 4.39 Å². The normalized spacial score (nSPS) is 22.0. The molecule has 3 rings (SSSR count). The highest BCUT2D eigenvalue weighted by molar-refractivity contribution is 7.64. The van der Waals surface area contributed by atoms with E-state index in [-0.39, 0.29) is 13.7 Å². The van der Waals surface area contributed by atoms with Gasteiger partial charge in [0.2, 0.25) is 0 Å². The van der Waals surface area contributed by atoms with Crippen molar-refractivity contribution in [2.75, 3.05) is 26.4 Å². The topological polar surface area (TPSA) is 12.0 Å². The second-order valence-corrected chi connectivity index (χ2v) is 8.60. The van der Waals surface area contributed by atoms with Gasteiger partial charge in [-0.15, -0.1) is 0 Å². The second-order valence-electron chi connectivity index (χ2n) is 6.29. The molecule has 98 valence electrons. The summed E-state index contributed by atoms with van der Waals surface area (Å²) in [6, 6.07) is 5.65. The molecule has 0 atom stereocenters. The van der Waals surface area contributed by atoms with Gasteiger partial charge in [0.15, 0.2) is 0 Å². The van der Waals surface area contributed by atoms with Crippen molar-refractivity contribution >= 4 is 13.2 Å². The minimum Gasteiger partial charge on any atom is -0.316 e. The molecule has 0 aromatic heterocycles. The van der Waals surface area contributed by atoms with Crippen molar-refractivity contribution < 1.29 is 4.39 Å². The minimum absolute atomic E-state index is 0.0574. The molecular formula is C15H21FNP. The molecule has 3 heteroatoms. The molecule has 2 aliphatic rings. The molecule has 1 aromatic carbocycles. The van der Waals surface area contributed by atoms with E-state index >= 15 is 0 Å². The molecule has 0 unspecified atom stereocenters. The maximum absolute atomic E-state index is 13.6. The molecular weight excluding hydrogens is 244 g/mol. The Kier molecular flexibility index (Phi) is 3.20. The zero-order valence-corrected chi connectivity index (χ0v) is 12.1. The molecule has 1 spiro atoms. The fourth-order valence-electron chi connectivity index (χ4n) is 3.42. The van der Waals surface area contributed by atoms with E-state index < -0.39 is 0 Å². The number of hydrogen-bond acceptors (Lipinski definition) is 1. The molecule has 1 aromatic rings. The molecule has 1 heterocycles. The third-order valence-electron chi connectivity index (χ3n) is 4.43. The zero-order valence-electron chi connectivity index (χ0n) is 11.2. The number of halogens is 1. The predicted molar refractivity (Wildman–Crippen MR) is 76.5 cm³/mol. The third-order valence-corrected chi connectivity index (χ3v) is 5.72. The Hall–Kier alpha value is -0.460. The summed E-state index contributed by atoms with van der Waals surface area (Å²) >= 11 is 0. The summed E-state index contributed by atoms with van der Waals surface area (Å²) in [6.45, 7) is 6.78. The van der Waals surface area contributed by atoms with Crippen LogP contribution in [0.15, 0.2) is 18.2 Å². The van der Waals surface area contributed by atoms with Crippen molar-refractivity contribution in [1.29, 1.82) is 0 Å². The average molecular weight is 265 g/mol. The maximum Gasteiger partial charge on any atom is 0.124 e. The van der Waals surface area contributed by atoms with E-state index in [4.69, 9.17) is 0 Å². The smallest absolute Gasteiger partial charge is 0.124 e. The summed E-state index contributed by atoms with van der Waals surface area (Å²) < 4.78 is 13.6. The van der Waals surface area contributed by atoms with E-state index in [0.29, 0.717) is 5.41 Å². The van der Waals surface area contributed by atoms with Crippen LogP contribution in [-0.2, 0) is 6.42 Å². The Balaban J connectivity index is 1.66.